The molecule has 0 N–H and O–H groups in total. The summed E-state index contributed by atoms with van der Waals surface area (Å²) in [6, 6.07) is 1.65. The molecule has 2 aromatic heterocycles. The van der Waals surface area contributed by atoms with E-state index in [2.05, 4.69) is 14.7 Å². The van der Waals surface area contributed by atoms with Crippen LogP contribution in [0.4, 0.5) is 13.2 Å². The highest BCUT2D eigenvalue weighted by Crippen LogP contribution is 2.19. The van der Waals surface area contributed by atoms with E-state index < -0.39 is 12.8 Å². The molecule has 0 saturated carbocycles. The fraction of sp³-hybridized carbons (Fsp3) is 0.500. The maximum absolute atomic E-state index is 12.0. The molecule has 0 amide bonds. The number of nitrogens with zero attached hydrogens (tertiary/aromatic N) is 3. The number of halogens is 5. The highest BCUT2D eigenvalue weighted by atomic mass is 35.5. The first-order valence-corrected chi connectivity index (χ1v) is 7.03. The normalized spacial score (nSPS) is 12.2. The van der Waals surface area contributed by atoms with Crippen molar-refractivity contribution in [3.05, 3.63) is 23.1 Å². The van der Waals surface area contributed by atoms with Gasteiger partial charge in [0.25, 0.3) is 0 Å². The van der Waals surface area contributed by atoms with Gasteiger partial charge in [-0.2, -0.15) is 13.2 Å². The Kier molecular flexibility index (Phi) is 5.29. The molecular weight excluding hydrogens is 330 g/mol. The molecule has 116 valence electrons. The Morgan fingerprint density at radius 2 is 2.10 bits per heavy atom. The molecule has 0 radical (unpaired) electrons. The van der Waals surface area contributed by atoms with Crippen LogP contribution in [0.25, 0.3) is 11.2 Å². The Hall–Kier alpha value is -1.05. The van der Waals surface area contributed by atoms with Crippen LogP contribution in [-0.4, -0.2) is 39.8 Å². The third-order valence-corrected chi connectivity index (χ3v) is 3.07. The molecule has 21 heavy (non-hydrogen) atoms. The maximum Gasteiger partial charge on any atom is 0.411 e. The van der Waals surface area contributed by atoms with Crippen LogP contribution < -0.4 is 0 Å². The van der Waals surface area contributed by atoms with E-state index in [9.17, 15) is 13.2 Å². The van der Waals surface area contributed by atoms with Gasteiger partial charge in [-0.1, -0.05) is 11.6 Å². The molecule has 0 aromatic carbocycles. The van der Waals surface area contributed by atoms with Crippen LogP contribution in [0.1, 0.15) is 5.82 Å². The second-order valence-electron chi connectivity index (χ2n) is 4.28. The van der Waals surface area contributed by atoms with Gasteiger partial charge in [-0.05, 0) is 6.07 Å². The minimum Gasteiger partial charge on any atom is -0.370 e. The van der Waals surface area contributed by atoms with Gasteiger partial charge in [-0.3, -0.25) is 0 Å². The minimum atomic E-state index is -4.33. The zero-order chi connectivity index (χ0) is 15.5. The molecule has 9 heteroatoms. The third-order valence-electron chi connectivity index (χ3n) is 2.67. The van der Waals surface area contributed by atoms with Crippen molar-refractivity contribution in [3.8, 4) is 0 Å². The number of aryl methyl sites for hydroxylation is 1. The number of hydrogen-bond donors (Lipinski definition) is 0. The first kappa shape index (κ1) is 16.3. The van der Waals surface area contributed by atoms with E-state index in [0.29, 0.717) is 34.3 Å². The number of alkyl halides is 4. The maximum atomic E-state index is 12.0. The van der Waals surface area contributed by atoms with E-state index >= 15 is 0 Å². The van der Waals surface area contributed by atoms with E-state index in [4.69, 9.17) is 23.2 Å². The van der Waals surface area contributed by atoms with E-state index in [1.807, 2.05) is 0 Å². The van der Waals surface area contributed by atoms with Crippen LogP contribution >= 0.6 is 23.2 Å². The monoisotopic (exact) mass is 341 g/mol. The molecule has 2 heterocycles. The van der Waals surface area contributed by atoms with Crippen molar-refractivity contribution in [2.24, 2.45) is 0 Å². The fourth-order valence-corrected chi connectivity index (χ4v) is 2.21. The minimum absolute atomic E-state index is 0.0927. The highest BCUT2D eigenvalue weighted by molar-refractivity contribution is 6.31. The van der Waals surface area contributed by atoms with Crippen molar-refractivity contribution in [1.29, 1.82) is 0 Å². The third kappa shape index (κ3) is 4.46. The summed E-state index contributed by atoms with van der Waals surface area (Å²) >= 11 is 11.6. The van der Waals surface area contributed by atoms with E-state index in [1.54, 1.807) is 10.6 Å². The summed E-state index contributed by atoms with van der Waals surface area (Å²) in [6.07, 6.45) is -2.39. The summed E-state index contributed by atoms with van der Waals surface area (Å²) in [4.78, 5) is 8.50. The molecule has 0 bridgehead atoms. The number of pyridine rings is 1. The Bertz CT molecular complexity index is 616. The molecule has 0 aliphatic rings. The first-order chi connectivity index (χ1) is 9.90. The van der Waals surface area contributed by atoms with Gasteiger partial charge >= 0.3 is 6.18 Å². The van der Waals surface area contributed by atoms with Gasteiger partial charge in [0.05, 0.1) is 11.6 Å². The topological polar surface area (TPSA) is 39.9 Å². The molecule has 0 spiro atoms. The zero-order valence-corrected chi connectivity index (χ0v) is 12.3. The Balaban J connectivity index is 2.14. The summed E-state index contributed by atoms with van der Waals surface area (Å²) in [5, 5.41) is 0.442. The zero-order valence-electron chi connectivity index (χ0n) is 10.8. The van der Waals surface area contributed by atoms with Crippen LogP contribution in [0, 0.1) is 0 Å². The molecule has 0 fully saturated rings. The van der Waals surface area contributed by atoms with Crippen molar-refractivity contribution in [2.45, 2.75) is 19.1 Å². The van der Waals surface area contributed by atoms with Gasteiger partial charge in [0.15, 0.2) is 5.65 Å². The second kappa shape index (κ2) is 6.81. The Labute approximate surface area is 128 Å². The first-order valence-electron chi connectivity index (χ1n) is 6.12. The summed E-state index contributed by atoms with van der Waals surface area (Å²) < 4.78 is 42.4. The molecule has 2 aromatic rings. The standard InChI is InChI=1S/C12H12Cl2F3N3O/c13-2-1-10-19-9-5-8(14)6-18-11(9)20(10)3-4-21-7-12(15,16)17/h5-6H,1-4,7H2. The largest absolute Gasteiger partial charge is 0.411 e. The van der Waals surface area contributed by atoms with Gasteiger partial charge in [-0.25, -0.2) is 9.97 Å². The highest BCUT2D eigenvalue weighted by Gasteiger charge is 2.27. The summed E-state index contributed by atoms with van der Waals surface area (Å²) in [5.41, 5.74) is 1.13. The van der Waals surface area contributed by atoms with Gasteiger partial charge in [0.2, 0.25) is 0 Å². The van der Waals surface area contributed by atoms with Crippen molar-refractivity contribution in [1.82, 2.24) is 14.5 Å². The predicted octanol–water partition coefficient (Wildman–Crippen LogP) is 3.44. The van der Waals surface area contributed by atoms with E-state index in [0.717, 1.165) is 0 Å². The van der Waals surface area contributed by atoms with Crippen molar-refractivity contribution >= 4 is 34.4 Å². The smallest absolute Gasteiger partial charge is 0.370 e. The second-order valence-corrected chi connectivity index (χ2v) is 5.10. The number of aromatic nitrogens is 3. The SMILES string of the molecule is FC(F)(F)COCCn1c(CCCl)nc2cc(Cl)cnc21. The van der Waals surface area contributed by atoms with Crippen molar-refractivity contribution in [3.63, 3.8) is 0 Å². The van der Waals surface area contributed by atoms with Gasteiger partial charge in [0.1, 0.15) is 17.9 Å². The van der Waals surface area contributed by atoms with Crippen LogP contribution in [0.2, 0.25) is 5.02 Å². The van der Waals surface area contributed by atoms with E-state index in [-0.39, 0.29) is 13.2 Å². The van der Waals surface area contributed by atoms with Crippen molar-refractivity contribution in [2.75, 3.05) is 19.1 Å². The van der Waals surface area contributed by atoms with Crippen LogP contribution in [-0.2, 0) is 17.7 Å². The van der Waals surface area contributed by atoms with Crippen molar-refractivity contribution < 1.29 is 17.9 Å². The summed E-state index contributed by atoms with van der Waals surface area (Å²) in [6.45, 7) is -1.15. The predicted molar refractivity (Wildman–Crippen MR) is 73.8 cm³/mol. The lowest BCUT2D eigenvalue weighted by Gasteiger charge is -2.10. The molecule has 2 rings (SSSR count). The van der Waals surface area contributed by atoms with Crippen LogP contribution in [0.15, 0.2) is 12.3 Å². The molecule has 0 aliphatic carbocycles. The van der Waals surface area contributed by atoms with Gasteiger partial charge < -0.3 is 9.30 Å². The molecule has 0 atom stereocenters. The van der Waals surface area contributed by atoms with Crippen LogP contribution in [0.3, 0.4) is 0 Å². The van der Waals surface area contributed by atoms with Crippen LogP contribution in [0.5, 0.6) is 0 Å². The number of rotatable bonds is 6. The number of fused-ring (bicyclic) bond motifs is 1. The fourth-order valence-electron chi connectivity index (χ4n) is 1.89. The van der Waals surface area contributed by atoms with E-state index in [1.165, 1.54) is 6.20 Å². The lowest BCUT2D eigenvalue weighted by molar-refractivity contribution is -0.174. The van der Waals surface area contributed by atoms with Gasteiger partial charge in [0, 0.05) is 25.0 Å². The Morgan fingerprint density at radius 1 is 1.33 bits per heavy atom. The average molecular weight is 342 g/mol. The number of hydrogen-bond acceptors (Lipinski definition) is 3. The molecule has 4 nitrogen and oxygen atoms in total. The lowest BCUT2D eigenvalue weighted by Crippen LogP contribution is -2.19. The van der Waals surface area contributed by atoms with Gasteiger partial charge in [-0.15, -0.1) is 11.6 Å². The molecular formula is C12H12Cl2F3N3O. The average Bonchev–Trinajstić information content (AvgIpc) is 2.71. The number of imidazole rings is 1. The molecule has 0 aliphatic heterocycles. The summed E-state index contributed by atoms with van der Waals surface area (Å²) in [7, 11) is 0. The summed E-state index contributed by atoms with van der Waals surface area (Å²) in [5.74, 6) is 0.992. The number of ether oxygens (including phenoxy) is 1. The Morgan fingerprint density at radius 3 is 2.76 bits per heavy atom. The molecule has 0 unspecified atom stereocenters. The quantitative estimate of drug-likeness (QED) is 0.596. The lowest BCUT2D eigenvalue weighted by atomic mass is 10.4. The molecule has 0 saturated heterocycles.